The maximum atomic E-state index is 13.9. The first-order chi connectivity index (χ1) is 8.42. The summed E-state index contributed by atoms with van der Waals surface area (Å²) in [5.41, 5.74) is 2.25. The van der Waals surface area contributed by atoms with E-state index in [-0.39, 0.29) is 12.8 Å². The molecule has 0 radical (unpaired) electrons. The fraction of sp³-hybridized carbons (Fsp3) is 0.538. The Hall–Kier alpha value is -1.07. The number of hydrogen-bond donors (Lipinski definition) is 1. The van der Waals surface area contributed by atoms with Gasteiger partial charge in [0.15, 0.2) is 0 Å². The fourth-order valence-corrected chi connectivity index (χ4v) is 3.08. The minimum Gasteiger partial charge on any atom is -0.297 e. The monoisotopic (exact) mass is 257 g/mol. The van der Waals surface area contributed by atoms with Crippen molar-refractivity contribution in [3.8, 4) is 0 Å². The summed E-state index contributed by atoms with van der Waals surface area (Å²) in [4.78, 5) is 5.24. The summed E-state index contributed by atoms with van der Waals surface area (Å²) in [5, 5.41) is 0. The van der Waals surface area contributed by atoms with Crippen LogP contribution in [0.25, 0.3) is 0 Å². The van der Waals surface area contributed by atoms with Crippen LogP contribution in [0.2, 0.25) is 0 Å². The molecule has 0 unspecified atom stereocenters. The van der Waals surface area contributed by atoms with Crippen LogP contribution in [0.5, 0.6) is 0 Å². The standard InChI is InChI=1S/C13H14F3NO/c1-12(8-4-2-3-5-10(8)14)9-6-13(15,16)7-11(9)18-17-12/h2-5,9,11,17H,6-7H2,1H3/t9-,11+,12+/m0/s1. The Balaban J connectivity index is 1.99. The third-order valence-corrected chi connectivity index (χ3v) is 4.06. The average molecular weight is 257 g/mol. The highest BCUT2D eigenvalue weighted by Gasteiger charge is 2.59. The Morgan fingerprint density at radius 3 is 2.72 bits per heavy atom. The zero-order valence-corrected chi connectivity index (χ0v) is 9.92. The molecule has 0 bridgehead atoms. The van der Waals surface area contributed by atoms with Crippen LogP contribution in [0.15, 0.2) is 24.3 Å². The van der Waals surface area contributed by atoms with Gasteiger partial charge in [0.1, 0.15) is 5.82 Å². The lowest BCUT2D eigenvalue weighted by molar-refractivity contribution is -0.0509. The fourth-order valence-electron chi connectivity index (χ4n) is 3.08. The van der Waals surface area contributed by atoms with Crippen molar-refractivity contribution in [3.05, 3.63) is 35.6 Å². The molecule has 0 spiro atoms. The van der Waals surface area contributed by atoms with E-state index in [9.17, 15) is 13.2 Å². The van der Waals surface area contributed by atoms with Crippen LogP contribution in [-0.4, -0.2) is 12.0 Å². The molecule has 1 aliphatic heterocycles. The molecular formula is C13H14F3NO. The predicted molar refractivity (Wildman–Crippen MR) is 59.4 cm³/mol. The van der Waals surface area contributed by atoms with Crippen molar-refractivity contribution < 1.29 is 18.0 Å². The molecule has 1 aliphatic carbocycles. The second-order valence-corrected chi connectivity index (χ2v) is 5.31. The van der Waals surface area contributed by atoms with Gasteiger partial charge in [-0.15, -0.1) is 0 Å². The van der Waals surface area contributed by atoms with Crippen molar-refractivity contribution in [1.82, 2.24) is 5.48 Å². The largest absolute Gasteiger partial charge is 0.297 e. The Kier molecular flexibility index (Phi) is 2.47. The normalized spacial score (nSPS) is 37.8. The van der Waals surface area contributed by atoms with Crippen LogP contribution < -0.4 is 5.48 Å². The second-order valence-electron chi connectivity index (χ2n) is 5.31. The van der Waals surface area contributed by atoms with Crippen molar-refractivity contribution in [3.63, 3.8) is 0 Å². The van der Waals surface area contributed by atoms with Gasteiger partial charge in [-0.3, -0.25) is 4.84 Å². The lowest BCUT2D eigenvalue weighted by Gasteiger charge is -2.30. The molecule has 1 aromatic carbocycles. The van der Waals surface area contributed by atoms with E-state index in [2.05, 4.69) is 5.48 Å². The molecule has 18 heavy (non-hydrogen) atoms. The number of hydroxylamine groups is 1. The second kappa shape index (κ2) is 3.71. The van der Waals surface area contributed by atoms with Crippen LogP contribution in [-0.2, 0) is 10.4 Å². The van der Waals surface area contributed by atoms with E-state index in [1.165, 1.54) is 6.07 Å². The van der Waals surface area contributed by atoms with Crippen molar-refractivity contribution in [2.45, 2.75) is 37.3 Å². The number of alkyl halides is 2. The number of nitrogens with one attached hydrogen (secondary N) is 1. The van der Waals surface area contributed by atoms with Gasteiger partial charge in [0, 0.05) is 24.3 Å². The molecule has 0 amide bonds. The zero-order valence-electron chi connectivity index (χ0n) is 9.92. The molecule has 5 heteroatoms. The lowest BCUT2D eigenvalue weighted by Crippen LogP contribution is -2.40. The Labute approximate surface area is 103 Å². The molecule has 2 fully saturated rings. The summed E-state index contributed by atoms with van der Waals surface area (Å²) >= 11 is 0. The van der Waals surface area contributed by atoms with Gasteiger partial charge in [-0.2, -0.15) is 5.48 Å². The van der Waals surface area contributed by atoms with Crippen LogP contribution in [0.4, 0.5) is 13.2 Å². The van der Waals surface area contributed by atoms with Crippen molar-refractivity contribution >= 4 is 0 Å². The maximum Gasteiger partial charge on any atom is 0.251 e. The first-order valence-corrected chi connectivity index (χ1v) is 5.98. The minimum atomic E-state index is -2.72. The molecule has 0 aromatic heterocycles. The third-order valence-electron chi connectivity index (χ3n) is 4.06. The number of fused-ring (bicyclic) bond motifs is 1. The van der Waals surface area contributed by atoms with E-state index in [0.29, 0.717) is 5.56 Å². The molecule has 3 atom stereocenters. The summed E-state index contributed by atoms with van der Waals surface area (Å²) in [7, 11) is 0. The Bertz CT molecular complexity index is 479. The highest BCUT2D eigenvalue weighted by Crippen LogP contribution is 2.51. The first-order valence-electron chi connectivity index (χ1n) is 5.98. The number of benzene rings is 1. The van der Waals surface area contributed by atoms with E-state index >= 15 is 0 Å². The van der Waals surface area contributed by atoms with Gasteiger partial charge in [-0.05, 0) is 13.0 Å². The molecule has 1 heterocycles. The van der Waals surface area contributed by atoms with Gasteiger partial charge in [-0.1, -0.05) is 18.2 Å². The highest BCUT2D eigenvalue weighted by atomic mass is 19.3. The Morgan fingerprint density at radius 2 is 2.00 bits per heavy atom. The first kappa shape index (κ1) is 12.0. The molecule has 1 saturated carbocycles. The van der Waals surface area contributed by atoms with E-state index in [0.717, 1.165) is 0 Å². The van der Waals surface area contributed by atoms with Crippen molar-refractivity contribution in [2.75, 3.05) is 0 Å². The predicted octanol–water partition coefficient (Wildman–Crippen LogP) is 2.99. The maximum absolute atomic E-state index is 13.9. The topological polar surface area (TPSA) is 21.3 Å². The van der Waals surface area contributed by atoms with Gasteiger partial charge in [0.25, 0.3) is 5.92 Å². The molecule has 2 nitrogen and oxygen atoms in total. The molecule has 1 saturated heterocycles. The van der Waals surface area contributed by atoms with E-state index in [4.69, 9.17) is 4.84 Å². The number of halogens is 3. The summed E-state index contributed by atoms with van der Waals surface area (Å²) < 4.78 is 40.7. The highest BCUT2D eigenvalue weighted by molar-refractivity contribution is 5.28. The quantitative estimate of drug-likeness (QED) is 0.835. The van der Waals surface area contributed by atoms with Gasteiger partial charge in [0.2, 0.25) is 0 Å². The van der Waals surface area contributed by atoms with Crippen molar-refractivity contribution in [1.29, 1.82) is 0 Å². The van der Waals surface area contributed by atoms with E-state index in [1.54, 1.807) is 25.1 Å². The molecule has 2 aliphatic rings. The van der Waals surface area contributed by atoms with Crippen LogP contribution in [0, 0.1) is 11.7 Å². The number of rotatable bonds is 1. The van der Waals surface area contributed by atoms with Gasteiger partial charge >= 0.3 is 0 Å². The number of hydrogen-bond acceptors (Lipinski definition) is 2. The SMILES string of the molecule is C[C@]1(c2ccccc2F)NO[C@@H]2CC(F)(F)C[C@@H]21. The summed E-state index contributed by atoms with van der Waals surface area (Å²) in [6.07, 6.45) is -1.12. The smallest absolute Gasteiger partial charge is 0.251 e. The summed E-state index contributed by atoms with van der Waals surface area (Å²) in [6.45, 7) is 1.72. The van der Waals surface area contributed by atoms with Crippen LogP contribution >= 0.6 is 0 Å². The lowest BCUT2D eigenvalue weighted by atomic mass is 9.79. The molecule has 1 aromatic rings. The summed E-state index contributed by atoms with van der Waals surface area (Å²) in [5.74, 6) is -3.53. The van der Waals surface area contributed by atoms with Gasteiger partial charge < -0.3 is 0 Å². The molecule has 98 valence electrons. The van der Waals surface area contributed by atoms with Crippen LogP contribution in [0.3, 0.4) is 0 Å². The minimum absolute atomic E-state index is 0.268. The van der Waals surface area contributed by atoms with Gasteiger partial charge in [-0.25, -0.2) is 13.2 Å². The van der Waals surface area contributed by atoms with E-state index < -0.39 is 29.3 Å². The Morgan fingerprint density at radius 1 is 1.28 bits per heavy atom. The van der Waals surface area contributed by atoms with Gasteiger partial charge in [0.05, 0.1) is 11.6 Å². The average Bonchev–Trinajstić information content (AvgIpc) is 2.76. The summed E-state index contributed by atoms with van der Waals surface area (Å²) in [6, 6.07) is 6.23. The van der Waals surface area contributed by atoms with E-state index in [1.807, 2.05) is 0 Å². The third kappa shape index (κ3) is 1.65. The zero-order chi connectivity index (χ0) is 13.0. The van der Waals surface area contributed by atoms with Crippen LogP contribution in [0.1, 0.15) is 25.3 Å². The van der Waals surface area contributed by atoms with Crippen molar-refractivity contribution in [2.24, 2.45) is 5.92 Å². The molecular weight excluding hydrogens is 243 g/mol. The molecule has 3 rings (SSSR count). The molecule has 1 N–H and O–H groups in total.